The van der Waals surface area contributed by atoms with Crippen molar-refractivity contribution in [3.63, 3.8) is 0 Å². The molecule has 8 heteroatoms. The van der Waals surface area contributed by atoms with Gasteiger partial charge < -0.3 is 24.6 Å². The van der Waals surface area contributed by atoms with Gasteiger partial charge in [-0.2, -0.15) is 0 Å². The number of allylic oxidation sites excluding steroid dienone is 1. The molecular weight excluding hydrogens is 326 g/mol. The van der Waals surface area contributed by atoms with Crippen molar-refractivity contribution in [1.29, 1.82) is 0 Å². The largest absolute Gasteiger partial charge is 0.493 e. The van der Waals surface area contributed by atoms with Gasteiger partial charge in [0.2, 0.25) is 0 Å². The number of ether oxygens (including phenoxy) is 1. The highest BCUT2D eigenvalue weighted by atomic mass is 32.2. The molecule has 0 bridgehead atoms. The Kier molecular flexibility index (Phi) is 5.06. The molecule has 1 aromatic heterocycles. The minimum absolute atomic E-state index is 0.116. The number of pyridine rings is 1. The van der Waals surface area contributed by atoms with Crippen LogP contribution in [-0.4, -0.2) is 68.5 Å². The first kappa shape index (κ1) is 16.8. The summed E-state index contributed by atoms with van der Waals surface area (Å²) in [5, 5.41) is 4.60. The second kappa shape index (κ2) is 7.23. The number of rotatable bonds is 4. The van der Waals surface area contributed by atoms with Crippen LogP contribution in [-0.2, 0) is 4.79 Å². The number of aromatic nitrogens is 1. The van der Waals surface area contributed by atoms with Gasteiger partial charge in [0.25, 0.3) is 5.91 Å². The van der Waals surface area contributed by atoms with Gasteiger partial charge in [0, 0.05) is 50.4 Å². The molecule has 24 heavy (non-hydrogen) atoms. The maximum Gasteiger partial charge on any atom is 0.267 e. The predicted molar refractivity (Wildman–Crippen MR) is 97.7 cm³/mol. The maximum absolute atomic E-state index is 11.7. The van der Waals surface area contributed by atoms with Gasteiger partial charge in [-0.1, -0.05) is 10.7 Å². The average molecular weight is 349 g/mol. The summed E-state index contributed by atoms with van der Waals surface area (Å²) in [7, 11) is 5.05. The summed E-state index contributed by atoms with van der Waals surface area (Å²) in [6, 6.07) is 2.01. The fraction of sp³-hybridized carbons (Fsp3) is 0.438. The van der Waals surface area contributed by atoms with Crippen LogP contribution in [0.25, 0.3) is 0 Å². The van der Waals surface area contributed by atoms with Gasteiger partial charge in [-0.25, -0.2) is 4.98 Å². The van der Waals surface area contributed by atoms with Crippen LogP contribution in [0.4, 0.5) is 5.82 Å². The molecule has 1 unspecified atom stereocenters. The monoisotopic (exact) mass is 349 g/mol. The molecule has 1 aromatic rings. The number of nitrogens with one attached hydrogen (secondary N) is 2. The summed E-state index contributed by atoms with van der Waals surface area (Å²) in [5.41, 5.74) is 0.572. The fourth-order valence-electron chi connectivity index (χ4n) is 2.66. The van der Waals surface area contributed by atoms with Crippen molar-refractivity contribution in [2.24, 2.45) is 0 Å². The number of likely N-dealkylation sites (N-methyl/N-ethyl adjacent to an activating group) is 2. The van der Waals surface area contributed by atoms with Crippen molar-refractivity contribution in [2.75, 3.05) is 52.3 Å². The Labute approximate surface area is 144 Å². The van der Waals surface area contributed by atoms with E-state index in [1.54, 1.807) is 14.2 Å². The SMILES string of the molecule is CNC(=O)C1=CC=S(c2cnc(N3CCN(C)CC3)c(OC)c2)N1. The third kappa shape index (κ3) is 3.39. The molecule has 1 fully saturated rings. The summed E-state index contributed by atoms with van der Waals surface area (Å²) < 4.78 is 8.79. The molecule has 130 valence electrons. The van der Waals surface area contributed by atoms with Gasteiger partial charge in [0.1, 0.15) is 5.70 Å². The van der Waals surface area contributed by atoms with E-state index in [9.17, 15) is 4.79 Å². The number of amides is 1. The minimum Gasteiger partial charge on any atom is -0.493 e. The Bertz CT molecular complexity index is 696. The normalized spacial score (nSPS) is 20.9. The smallest absolute Gasteiger partial charge is 0.267 e. The quantitative estimate of drug-likeness (QED) is 0.768. The van der Waals surface area contributed by atoms with Crippen LogP contribution in [0.2, 0.25) is 0 Å². The van der Waals surface area contributed by atoms with E-state index < -0.39 is 0 Å². The van der Waals surface area contributed by atoms with Crippen molar-refractivity contribution in [2.45, 2.75) is 4.90 Å². The highest BCUT2D eigenvalue weighted by molar-refractivity contribution is 8.14. The van der Waals surface area contributed by atoms with Crippen molar-refractivity contribution >= 4 is 27.8 Å². The number of carbonyl (C=O) groups excluding carboxylic acids is 1. The van der Waals surface area contributed by atoms with Crippen LogP contribution < -0.4 is 19.7 Å². The molecule has 0 aromatic carbocycles. The van der Waals surface area contributed by atoms with Crippen molar-refractivity contribution in [3.05, 3.63) is 24.0 Å². The van der Waals surface area contributed by atoms with Gasteiger partial charge >= 0.3 is 0 Å². The molecule has 3 heterocycles. The number of hydrogen-bond acceptors (Lipinski definition) is 6. The van der Waals surface area contributed by atoms with Crippen LogP contribution in [0.1, 0.15) is 0 Å². The van der Waals surface area contributed by atoms with E-state index >= 15 is 0 Å². The molecule has 1 atom stereocenters. The first-order valence-corrected chi connectivity index (χ1v) is 9.15. The molecule has 2 N–H and O–H groups in total. The van der Waals surface area contributed by atoms with E-state index in [1.807, 2.05) is 23.7 Å². The van der Waals surface area contributed by atoms with Gasteiger partial charge in [0.05, 0.1) is 7.11 Å². The zero-order valence-electron chi connectivity index (χ0n) is 14.2. The van der Waals surface area contributed by atoms with E-state index in [1.165, 1.54) is 0 Å². The van der Waals surface area contributed by atoms with Crippen LogP contribution in [0.3, 0.4) is 0 Å². The van der Waals surface area contributed by atoms with Crippen molar-refractivity contribution in [3.8, 4) is 5.75 Å². The lowest BCUT2D eigenvalue weighted by molar-refractivity contribution is -0.117. The van der Waals surface area contributed by atoms with Crippen molar-refractivity contribution in [1.82, 2.24) is 19.9 Å². The lowest BCUT2D eigenvalue weighted by Gasteiger charge is -2.33. The van der Waals surface area contributed by atoms with Gasteiger partial charge in [-0.05, 0) is 18.5 Å². The first-order chi connectivity index (χ1) is 11.6. The van der Waals surface area contributed by atoms with E-state index in [0.717, 1.165) is 42.6 Å². The predicted octanol–water partition coefficient (Wildman–Crippen LogP) is 0.420. The van der Waals surface area contributed by atoms with Crippen LogP contribution in [0.15, 0.2) is 28.9 Å². The second-order valence-electron chi connectivity index (χ2n) is 5.72. The lowest BCUT2D eigenvalue weighted by atomic mass is 10.3. The van der Waals surface area contributed by atoms with E-state index in [0.29, 0.717) is 5.70 Å². The maximum atomic E-state index is 11.7. The Morgan fingerprint density at radius 2 is 2.12 bits per heavy atom. The Hall–Kier alpha value is -2.06. The molecule has 0 radical (unpaired) electrons. The van der Waals surface area contributed by atoms with Gasteiger partial charge in [0.15, 0.2) is 11.6 Å². The van der Waals surface area contributed by atoms with Crippen LogP contribution in [0.5, 0.6) is 5.75 Å². The van der Waals surface area contributed by atoms with Gasteiger partial charge in [-0.3, -0.25) is 4.79 Å². The first-order valence-electron chi connectivity index (χ1n) is 7.87. The Morgan fingerprint density at radius 1 is 1.38 bits per heavy atom. The zero-order valence-corrected chi connectivity index (χ0v) is 15.0. The van der Waals surface area contributed by atoms with Crippen molar-refractivity contribution < 1.29 is 9.53 Å². The standard InChI is InChI=1S/C16H23N5O2S/c1-17-16(22)13-4-9-24(19-13)12-10-14(23-3)15(18-11-12)21-7-5-20(2)6-8-21/h4,9-11,19H,5-8H2,1-3H3,(H,17,22). The highest BCUT2D eigenvalue weighted by Crippen LogP contribution is 2.34. The molecule has 1 amide bonds. The number of hydrogen-bond donors (Lipinski definition) is 2. The summed E-state index contributed by atoms with van der Waals surface area (Å²) in [4.78, 5) is 21.9. The fourth-order valence-corrected chi connectivity index (χ4v) is 4.08. The number of anilines is 1. The number of piperazine rings is 1. The number of nitrogens with zero attached hydrogens (tertiary/aromatic N) is 3. The lowest BCUT2D eigenvalue weighted by Crippen LogP contribution is -2.44. The molecule has 2 aliphatic heterocycles. The molecule has 3 rings (SSSR count). The third-order valence-electron chi connectivity index (χ3n) is 4.15. The molecular formula is C16H23N5O2S. The summed E-state index contributed by atoms with van der Waals surface area (Å²) in [6.45, 7) is 3.92. The molecule has 7 nitrogen and oxygen atoms in total. The molecule has 0 spiro atoms. The van der Waals surface area contributed by atoms with Gasteiger partial charge in [-0.15, -0.1) is 0 Å². The van der Waals surface area contributed by atoms with E-state index in [2.05, 4.69) is 31.9 Å². The molecule has 0 saturated carbocycles. The van der Waals surface area contributed by atoms with Crippen LogP contribution >= 0.6 is 10.7 Å². The Balaban J connectivity index is 1.77. The number of methoxy groups -OCH3 is 1. The summed E-state index contributed by atoms with van der Waals surface area (Å²) in [6.07, 6.45) is 3.67. The second-order valence-corrected chi connectivity index (χ2v) is 7.35. The summed E-state index contributed by atoms with van der Waals surface area (Å²) >= 11 is 0. The minimum atomic E-state index is -0.371. The molecule has 1 saturated heterocycles. The zero-order chi connectivity index (χ0) is 17.1. The van der Waals surface area contributed by atoms with E-state index in [-0.39, 0.29) is 16.6 Å². The number of carbonyl (C=O) groups is 1. The molecule has 2 aliphatic rings. The third-order valence-corrected chi connectivity index (χ3v) is 5.73. The highest BCUT2D eigenvalue weighted by Gasteiger charge is 2.21. The summed E-state index contributed by atoms with van der Waals surface area (Å²) in [5.74, 6) is 1.54. The topological polar surface area (TPSA) is 69.7 Å². The average Bonchev–Trinajstić information content (AvgIpc) is 3.11. The van der Waals surface area contributed by atoms with Crippen LogP contribution in [0, 0.1) is 0 Å². The van der Waals surface area contributed by atoms with E-state index in [4.69, 9.17) is 4.74 Å². The molecule has 0 aliphatic carbocycles. The Morgan fingerprint density at radius 3 is 2.79 bits per heavy atom.